The Kier molecular flexibility index (Phi) is 4.52. The normalized spacial score (nSPS) is 28.1. The highest BCUT2D eigenvalue weighted by molar-refractivity contribution is 6.32. The highest BCUT2D eigenvalue weighted by atomic mass is 35.5. The van der Waals surface area contributed by atoms with Gasteiger partial charge in [0.15, 0.2) is 0 Å². The summed E-state index contributed by atoms with van der Waals surface area (Å²) in [7, 11) is 1.65. The number of rotatable bonds is 3. The number of benzene rings is 1. The van der Waals surface area contributed by atoms with Gasteiger partial charge in [-0.2, -0.15) is 0 Å². The zero-order chi connectivity index (χ0) is 13.1. The molecule has 2 nitrogen and oxygen atoms in total. The van der Waals surface area contributed by atoms with Crippen LogP contribution in [0.3, 0.4) is 0 Å². The van der Waals surface area contributed by atoms with Gasteiger partial charge in [0, 0.05) is 6.04 Å². The van der Waals surface area contributed by atoms with E-state index in [9.17, 15) is 0 Å². The van der Waals surface area contributed by atoms with Crippen molar-refractivity contribution < 1.29 is 4.74 Å². The fourth-order valence-electron chi connectivity index (χ4n) is 2.94. The lowest BCUT2D eigenvalue weighted by molar-refractivity contribution is 0.282. The van der Waals surface area contributed by atoms with Crippen LogP contribution in [0.15, 0.2) is 18.2 Å². The molecule has 18 heavy (non-hydrogen) atoms. The van der Waals surface area contributed by atoms with E-state index in [1.807, 2.05) is 12.1 Å². The van der Waals surface area contributed by atoms with Gasteiger partial charge in [0.25, 0.3) is 0 Å². The molecule has 1 fully saturated rings. The van der Waals surface area contributed by atoms with E-state index in [2.05, 4.69) is 13.0 Å². The summed E-state index contributed by atoms with van der Waals surface area (Å²) in [5.74, 6) is 1.99. The molecule has 0 saturated heterocycles. The van der Waals surface area contributed by atoms with Crippen LogP contribution < -0.4 is 10.5 Å². The molecule has 3 unspecified atom stereocenters. The summed E-state index contributed by atoms with van der Waals surface area (Å²) in [5.41, 5.74) is 7.55. The smallest absolute Gasteiger partial charge is 0.137 e. The number of hydrogen-bond acceptors (Lipinski definition) is 2. The van der Waals surface area contributed by atoms with Gasteiger partial charge in [-0.15, -0.1) is 0 Å². The Bertz CT molecular complexity index is 407. The standard InChI is InChI=1S/C15H22ClNO/c1-3-10-4-7-14(17)12(8-10)11-5-6-13(16)15(9-11)18-2/h5-6,9-10,12,14H,3-4,7-8,17H2,1-2H3. The molecule has 0 aliphatic heterocycles. The van der Waals surface area contributed by atoms with Gasteiger partial charge in [-0.3, -0.25) is 0 Å². The predicted octanol–water partition coefficient (Wildman–Crippen LogP) is 3.97. The van der Waals surface area contributed by atoms with E-state index >= 15 is 0 Å². The van der Waals surface area contributed by atoms with Gasteiger partial charge in [0.05, 0.1) is 12.1 Å². The lowest BCUT2D eigenvalue weighted by atomic mass is 9.74. The van der Waals surface area contributed by atoms with Crippen molar-refractivity contribution in [1.29, 1.82) is 0 Å². The van der Waals surface area contributed by atoms with Gasteiger partial charge in [-0.1, -0.05) is 31.0 Å². The molecule has 0 aromatic heterocycles. The average Bonchev–Trinajstić information content (AvgIpc) is 2.40. The molecule has 0 radical (unpaired) electrons. The Morgan fingerprint density at radius 3 is 2.83 bits per heavy atom. The Balaban J connectivity index is 2.23. The van der Waals surface area contributed by atoms with Crippen LogP contribution in [0.1, 0.15) is 44.1 Å². The van der Waals surface area contributed by atoms with E-state index in [0.29, 0.717) is 10.9 Å². The molecule has 1 aliphatic carbocycles. The molecule has 0 amide bonds. The predicted molar refractivity (Wildman–Crippen MR) is 76.4 cm³/mol. The van der Waals surface area contributed by atoms with Crippen LogP contribution in [0.5, 0.6) is 5.75 Å². The molecule has 0 spiro atoms. The second-order valence-electron chi connectivity index (χ2n) is 5.25. The maximum atomic E-state index is 6.28. The van der Waals surface area contributed by atoms with Crippen LogP contribution in [0, 0.1) is 5.92 Å². The lowest BCUT2D eigenvalue weighted by Crippen LogP contribution is -2.34. The molecule has 2 rings (SSSR count). The number of ether oxygens (including phenoxy) is 1. The van der Waals surface area contributed by atoms with Crippen LogP contribution in [0.4, 0.5) is 0 Å². The third kappa shape index (κ3) is 2.81. The summed E-state index contributed by atoms with van der Waals surface area (Å²) in [6, 6.07) is 6.31. The zero-order valence-corrected chi connectivity index (χ0v) is 11.9. The first kappa shape index (κ1) is 13.7. The van der Waals surface area contributed by atoms with E-state index in [-0.39, 0.29) is 6.04 Å². The first-order valence-corrected chi connectivity index (χ1v) is 7.12. The Hall–Kier alpha value is -0.730. The van der Waals surface area contributed by atoms with Crippen molar-refractivity contribution >= 4 is 11.6 Å². The first-order valence-electron chi connectivity index (χ1n) is 6.74. The summed E-state index contributed by atoms with van der Waals surface area (Å²) in [4.78, 5) is 0. The third-order valence-corrected chi connectivity index (χ3v) is 4.51. The van der Waals surface area contributed by atoms with Gasteiger partial charge in [-0.05, 0) is 48.8 Å². The van der Waals surface area contributed by atoms with Crippen LogP contribution in [0.2, 0.25) is 5.02 Å². The molecular weight excluding hydrogens is 246 g/mol. The fraction of sp³-hybridized carbons (Fsp3) is 0.600. The van der Waals surface area contributed by atoms with Crippen molar-refractivity contribution in [1.82, 2.24) is 0 Å². The monoisotopic (exact) mass is 267 g/mol. The molecule has 1 aliphatic rings. The molecule has 0 heterocycles. The number of methoxy groups -OCH3 is 1. The second-order valence-corrected chi connectivity index (χ2v) is 5.66. The highest BCUT2D eigenvalue weighted by Gasteiger charge is 2.28. The van der Waals surface area contributed by atoms with Gasteiger partial charge in [-0.25, -0.2) is 0 Å². The second kappa shape index (κ2) is 5.94. The molecule has 3 atom stereocenters. The lowest BCUT2D eigenvalue weighted by Gasteiger charge is -2.34. The summed E-state index contributed by atoms with van der Waals surface area (Å²) in [6.07, 6.45) is 4.81. The van der Waals surface area contributed by atoms with Crippen LogP contribution in [-0.2, 0) is 0 Å². The van der Waals surface area contributed by atoms with Gasteiger partial charge >= 0.3 is 0 Å². The van der Waals surface area contributed by atoms with Crippen LogP contribution in [-0.4, -0.2) is 13.2 Å². The third-order valence-electron chi connectivity index (χ3n) is 4.19. The average molecular weight is 268 g/mol. The maximum Gasteiger partial charge on any atom is 0.137 e. The van der Waals surface area contributed by atoms with Crippen LogP contribution >= 0.6 is 11.6 Å². The Morgan fingerprint density at radius 1 is 1.39 bits per heavy atom. The minimum absolute atomic E-state index is 0.263. The Labute approximate surface area is 114 Å². The maximum absolute atomic E-state index is 6.28. The number of nitrogens with two attached hydrogens (primary N) is 1. The van der Waals surface area contributed by atoms with E-state index < -0.39 is 0 Å². The summed E-state index contributed by atoms with van der Waals surface area (Å²) < 4.78 is 5.29. The molecule has 1 aromatic rings. The summed E-state index contributed by atoms with van der Waals surface area (Å²) >= 11 is 6.07. The topological polar surface area (TPSA) is 35.2 Å². The van der Waals surface area contributed by atoms with E-state index in [4.69, 9.17) is 22.1 Å². The largest absolute Gasteiger partial charge is 0.495 e. The van der Waals surface area contributed by atoms with Crippen LogP contribution in [0.25, 0.3) is 0 Å². The van der Waals surface area contributed by atoms with Gasteiger partial charge in [0.1, 0.15) is 5.75 Å². The van der Waals surface area contributed by atoms with E-state index in [0.717, 1.165) is 18.1 Å². The quantitative estimate of drug-likeness (QED) is 0.899. The van der Waals surface area contributed by atoms with Crippen molar-refractivity contribution in [3.05, 3.63) is 28.8 Å². The van der Waals surface area contributed by atoms with Gasteiger partial charge in [0.2, 0.25) is 0 Å². The molecular formula is C15H22ClNO. The molecule has 3 heteroatoms. The van der Waals surface area contributed by atoms with Crippen molar-refractivity contribution in [2.45, 2.75) is 44.6 Å². The van der Waals surface area contributed by atoms with Crippen molar-refractivity contribution in [3.8, 4) is 5.75 Å². The van der Waals surface area contributed by atoms with Crippen molar-refractivity contribution in [3.63, 3.8) is 0 Å². The SMILES string of the molecule is CCC1CCC(N)C(c2ccc(Cl)c(OC)c2)C1. The van der Waals surface area contributed by atoms with E-state index in [1.54, 1.807) is 7.11 Å². The molecule has 1 saturated carbocycles. The van der Waals surface area contributed by atoms with E-state index in [1.165, 1.54) is 24.8 Å². The Morgan fingerprint density at radius 2 is 2.17 bits per heavy atom. The van der Waals surface area contributed by atoms with Gasteiger partial charge < -0.3 is 10.5 Å². The fourth-order valence-corrected chi connectivity index (χ4v) is 3.14. The zero-order valence-electron chi connectivity index (χ0n) is 11.2. The molecule has 1 aromatic carbocycles. The van der Waals surface area contributed by atoms with Crippen molar-refractivity contribution in [2.75, 3.05) is 7.11 Å². The summed E-state index contributed by atoms with van der Waals surface area (Å²) in [6.45, 7) is 2.26. The number of halogens is 1. The first-order chi connectivity index (χ1) is 8.65. The summed E-state index contributed by atoms with van der Waals surface area (Å²) in [5, 5.41) is 0.665. The minimum atomic E-state index is 0.263. The molecule has 100 valence electrons. The number of hydrogen-bond donors (Lipinski definition) is 1. The minimum Gasteiger partial charge on any atom is -0.495 e. The molecule has 2 N–H and O–H groups in total. The highest BCUT2D eigenvalue weighted by Crippen LogP contribution is 2.39. The van der Waals surface area contributed by atoms with Crippen molar-refractivity contribution in [2.24, 2.45) is 11.7 Å². The molecule has 0 bridgehead atoms.